The van der Waals surface area contributed by atoms with Crippen LogP contribution in [-0.4, -0.2) is 11.8 Å². The first-order valence-corrected chi connectivity index (χ1v) is 7.14. The van der Waals surface area contributed by atoms with E-state index in [9.17, 15) is 9.59 Å². The first kappa shape index (κ1) is 13.3. The summed E-state index contributed by atoms with van der Waals surface area (Å²) in [7, 11) is 0. The maximum Gasteiger partial charge on any atom is 0.325 e. The number of carbonyl (C=O) groups excluding carboxylic acids is 2. The van der Waals surface area contributed by atoms with Crippen molar-refractivity contribution < 1.29 is 14.3 Å². The zero-order valence-corrected chi connectivity index (χ0v) is 12.5. The number of Topliss-reactive ketones (excluding diaryl/α,β-unsaturated/α-hetero) is 1. The lowest BCUT2D eigenvalue weighted by Gasteiger charge is -2.16. The first-order chi connectivity index (χ1) is 9.30. The summed E-state index contributed by atoms with van der Waals surface area (Å²) < 4.78 is 5.64. The van der Waals surface area contributed by atoms with Crippen molar-refractivity contribution in [1.82, 2.24) is 0 Å². The summed E-state index contributed by atoms with van der Waals surface area (Å²) in [5, 5.41) is 0. The van der Waals surface area contributed by atoms with Crippen LogP contribution < -0.4 is 4.74 Å². The predicted molar refractivity (Wildman–Crippen MR) is 75.7 cm³/mol. The van der Waals surface area contributed by atoms with Gasteiger partial charge in [0.1, 0.15) is 11.2 Å². The SMILES string of the molecule is Cc1cc(C)c(OC(=O)[C@]23C[C@@]2(C)CCC3=O)c(C)c1. The molecule has 0 amide bonds. The Morgan fingerprint density at radius 1 is 1.20 bits per heavy atom. The van der Waals surface area contributed by atoms with E-state index < -0.39 is 5.41 Å². The van der Waals surface area contributed by atoms with Crippen LogP contribution in [0.15, 0.2) is 12.1 Å². The van der Waals surface area contributed by atoms with E-state index in [0.29, 0.717) is 18.6 Å². The predicted octanol–water partition coefficient (Wildman–Crippen LogP) is 3.28. The molecule has 0 heterocycles. The Balaban J connectivity index is 1.90. The average Bonchev–Trinajstić information content (AvgIpc) is 2.91. The quantitative estimate of drug-likeness (QED) is 0.471. The van der Waals surface area contributed by atoms with Crippen molar-refractivity contribution in [3.05, 3.63) is 28.8 Å². The molecule has 0 aromatic heterocycles. The molecule has 2 saturated carbocycles. The molecule has 0 unspecified atom stereocenters. The third-order valence-corrected chi connectivity index (χ3v) is 5.09. The van der Waals surface area contributed by atoms with Crippen molar-refractivity contribution in [1.29, 1.82) is 0 Å². The van der Waals surface area contributed by atoms with Gasteiger partial charge in [-0.15, -0.1) is 0 Å². The molecule has 20 heavy (non-hydrogen) atoms. The van der Waals surface area contributed by atoms with E-state index in [-0.39, 0.29) is 17.2 Å². The number of esters is 1. The van der Waals surface area contributed by atoms with Crippen LogP contribution in [0.2, 0.25) is 0 Å². The largest absolute Gasteiger partial charge is 0.425 e. The zero-order valence-electron chi connectivity index (χ0n) is 12.5. The minimum atomic E-state index is -0.850. The smallest absolute Gasteiger partial charge is 0.325 e. The molecule has 0 spiro atoms. The minimum absolute atomic E-state index is 0.0624. The van der Waals surface area contributed by atoms with Gasteiger partial charge in [0.15, 0.2) is 5.78 Å². The molecule has 2 aliphatic rings. The number of rotatable bonds is 2. The molecule has 3 nitrogen and oxygen atoms in total. The van der Waals surface area contributed by atoms with Gasteiger partial charge >= 0.3 is 5.97 Å². The van der Waals surface area contributed by atoms with Crippen molar-refractivity contribution in [3.8, 4) is 5.75 Å². The van der Waals surface area contributed by atoms with Crippen molar-refractivity contribution in [2.75, 3.05) is 0 Å². The number of carbonyl (C=O) groups is 2. The Hall–Kier alpha value is -1.64. The van der Waals surface area contributed by atoms with E-state index in [1.807, 2.05) is 39.8 Å². The maximum atomic E-state index is 12.5. The zero-order chi connectivity index (χ0) is 14.7. The van der Waals surface area contributed by atoms with E-state index in [4.69, 9.17) is 4.74 Å². The number of fused-ring (bicyclic) bond motifs is 1. The second-order valence-corrected chi connectivity index (χ2v) is 6.68. The van der Waals surface area contributed by atoms with Crippen LogP contribution in [-0.2, 0) is 9.59 Å². The van der Waals surface area contributed by atoms with Crippen LogP contribution in [0.1, 0.15) is 42.9 Å². The summed E-state index contributed by atoms with van der Waals surface area (Å²) in [5.74, 6) is 0.328. The molecule has 0 saturated heterocycles. The molecular weight excluding hydrogens is 252 g/mol. The summed E-state index contributed by atoms with van der Waals surface area (Å²) in [6, 6.07) is 3.99. The van der Waals surface area contributed by atoms with E-state index in [1.165, 1.54) is 0 Å². The monoisotopic (exact) mass is 272 g/mol. The molecule has 2 aliphatic carbocycles. The third-order valence-electron chi connectivity index (χ3n) is 5.09. The normalized spacial score (nSPS) is 31.1. The van der Waals surface area contributed by atoms with Gasteiger partial charge in [-0.05, 0) is 50.2 Å². The Kier molecular flexibility index (Phi) is 2.63. The van der Waals surface area contributed by atoms with Gasteiger partial charge in [-0.3, -0.25) is 9.59 Å². The van der Waals surface area contributed by atoms with E-state index in [0.717, 1.165) is 23.1 Å². The molecule has 3 heteroatoms. The number of hydrogen-bond acceptors (Lipinski definition) is 3. The average molecular weight is 272 g/mol. The molecule has 0 radical (unpaired) electrons. The van der Waals surface area contributed by atoms with Crippen LogP contribution in [0.3, 0.4) is 0 Å². The maximum absolute atomic E-state index is 12.5. The second kappa shape index (κ2) is 3.94. The van der Waals surface area contributed by atoms with Crippen LogP contribution in [0.25, 0.3) is 0 Å². The molecule has 1 aromatic carbocycles. The molecule has 0 bridgehead atoms. The van der Waals surface area contributed by atoms with Gasteiger partial charge in [0, 0.05) is 6.42 Å². The van der Waals surface area contributed by atoms with Gasteiger partial charge in [0.2, 0.25) is 0 Å². The minimum Gasteiger partial charge on any atom is -0.425 e. The van der Waals surface area contributed by atoms with E-state index in [1.54, 1.807) is 0 Å². The highest BCUT2D eigenvalue weighted by Crippen LogP contribution is 2.71. The lowest BCUT2D eigenvalue weighted by molar-refractivity contribution is -0.146. The highest BCUT2D eigenvalue weighted by atomic mass is 16.5. The van der Waals surface area contributed by atoms with Gasteiger partial charge in [-0.1, -0.05) is 24.6 Å². The molecular formula is C17H20O3. The molecule has 106 valence electrons. The highest BCUT2D eigenvalue weighted by molar-refractivity contribution is 6.11. The fourth-order valence-corrected chi connectivity index (χ4v) is 3.82. The first-order valence-electron chi connectivity index (χ1n) is 7.14. The Morgan fingerprint density at radius 3 is 2.25 bits per heavy atom. The van der Waals surface area contributed by atoms with Crippen molar-refractivity contribution in [2.24, 2.45) is 10.8 Å². The second-order valence-electron chi connectivity index (χ2n) is 6.68. The van der Waals surface area contributed by atoms with Gasteiger partial charge in [0.25, 0.3) is 0 Å². The van der Waals surface area contributed by atoms with Crippen LogP contribution in [0.5, 0.6) is 5.75 Å². The highest BCUT2D eigenvalue weighted by Gasteiger charge is 2.77. The standard InChI is InChI=1S/C17H20O3/c1-10-7-11(2)14(12(3)8-10)20-15(19)17-9-16(17,4)6-5-13(17)18/h7-8H,5-6,9H2,1-4H3/t16-,17-/m1/s1. The number of aryl methyl sites for hydroxylation is 3. The van der Waals surface area contributed by atoms with Gasteiger partial charge < -0.3 is 4.74 Å². The van der Waals surface area contributed by atoms with Crippen LogP contribution in [0.4, 0.5) is 0 Å². The van der Waals surface area contributed by atoms with E-state index >= 15 is 0 Å². The Labute approximate surface area is 119 Å². The topological polar surface area (TPSA) is 43.4 Å². The van der Waals surface area contributed by atoms with Gasteiger partial charge in [-0.2, -0.15) is 0 Å². The van der Waals surface area contributed by atoms with E-state index in [2.05, 4.69) is 0 Å². The molecule has 1 aromatic rings. The van der Waals surface area contributed by atoms with Crippen molar-refractivity contribution in [3.63, 3.8) is 0 Å². The Bertz CT molecular complexity index is 608. The van der Waals surface area contributed by atoms with Gasteiger partial charge in [-0.25, -0.2) is 0 Å². The number of ketones is 1. The molecule has 2 atom stereocenters. The summed E-state index contributed by atoms with van der Waals surface area (Å²) in [5.41, 5.74) is 2.02. The van der Waals surface area contributed by atoms with Gasteiger partial charge in [0.05, 0.1) is 0 Å². The summed E-state index contributed by atoms with van der Waals surface area (Å²) in [4.78, 5) is 24.6. The van der Waals surface area contributed by atoms with Crippen molar-refractivity contribution in [2.45, 2.75) is 47.0 Å². The summed E-state index contributed by atoms with van der Waals surface area (Å²) >= 11 is 0. The van der Waals surface area contributed by atoms with Crippen molar-refractivity contribution >= 4 is 11.8 Å². The number of hydrogen-bond donors (Lipinski definition) is 0. The molecule has 2 fully saturated rings. The molecule has 0 aliphatic heterocycles. The van der Waals surface area contributed by atoms with Crippen LogP contribution >= 0.6 is 0 Å². The molecule has 0 N–H and O–H groups in total. The molecule has 3 rings (SSSR count). The fourth-order valence-electron chi connectivity index (χ4n) is 3.82. The lowest BCUT2D eigenvalue weighted by atomic mass is 9.97. The number of benzene rings is 1. The third kappa shape index (κ3) is 1.58. The van der Waals surface area contributed by atoms with Crippen LogP contribution in [0, 0.1) is 31.6 Å². The fraction of sp³-hybridized carbons (Fsp3) is 0.529. The summed E-state index contributed by atoms with van der Waals surface area (Å²) in [6.07, 6.45) is 1.98. The lowest BCUT2D eigenvalue weighted by Crippen LogP contribution is -2.30. The number of ether oxygens (including phenoxy) is 1. The Morgan fingerprint density at radius 2 is 1.80 bits per heavy atom. The summed E-state index contributed by atoms with van der Waals surface area (Å²) in [6.45, 7) is 7.91.